The third-order valence-corrected chi connectivity index (χ3v) is 5.79. The molecule has 1 aromatic carbocycles. The number of amides is 1. The molecule has 7 nitrogen and oxygen atoms in total. The highest BCUT2D eigenvalue weighted by Crippen LogP contribution is 2.40. The Morgan fingerprint density at radius 2 is 2.09 bits per heavy atom. The number of H-pyrrole nitrogens is 1. The van der Waals surface area contributed by atoms with Crippen LogP contribution in [0, 0.1) is 16.7 Å². The molecule has 1 amide bonds. The van der Waals surface area contributed by atoms with Gasteiger partial charge in [-0.05, 0) is 60.1 Å². The van der Waals surface area contributed by atoms with E-state index in [0.29, 0.717) is 17.2 Å². The van der Waals surface area contributed by atoms with Crippen LogP contribution in [0.1, 0.15) is 60.5 Å². The molecule has 0 fully saturated rings. The summed E-state index contributed by atoms with van der Waals surface area (Å²) in [6.07, 6.45) is 8.34. The number of pyridine rings is 1. The Morgan fingerprint density at radius 1 is 1.24 bits per heavy atom. The van der Waals surface area contributed by atoms with Gasteiger partial charge in [0.2, 0.25) is 0 Å². The summed E-state index contributed by atoms with van der Waals surface area (Å²) in [7, 11) is 0. The average molecular weight is 439 g/mol. The number of allylic oxidation sites excluding steroid dienone is 2. The van der Waals surface area contributed by atoms with Crippen LogP contribution in [0.4, 0.5) is 11.5 Å². The normalized spacial score (nSPS) is 14.6. The first kappa shape index (κ1) is 22.0. The summed E-state index contributed by atoms with van der Waals surface area (Å²) in [6, 6.07) is 13.4. The first-order chi connectivity index (χ1) is 15.8. The van der Waals surface area contributed by atoms with E-state index in [1.54, 1.807) is 6.20 Å². The molecule has 1 aliphatic rings. The van der Waals surface area contributed by atoms with E-state index in [1.165, 1.54) is 11.8 Å². The first-order valence-electron chi connectivity index (χ1n) is 10.8. The Morgan fingerprint density at radius 3 is 2.76 bits per heavy atom. The zero-order valence-electron chi connectivity index (χ0n) is 18.8. The topological polar surface area (TPSA) is 106 Å². The van der Waals surface area contributed by atoms with E-state index in [1.807, 2.05) is 42.5 Å². The molecule has 33 heavy (non-hydrogen) atoms. The van der Waals surface area contributed by atoms with Crippen molar-refractivity contribution in [3.8, 4) is 6.07 Å². The van der Waals surface area contributed by atoms with Gasteiger partial charge in [0.1, 0.15) is 11.9 Å². The fourth-order valence-corrected chi connectivity index (χ4v) is 3.77. The number of aromatic amines is 1. The predicted octanol–water partition coefficient (Wildman–Crippen LogP) is 5.60. The molecule has 166 valence electrons. The van der Waals surface area contributed by atoms with Gasteiger partial charge in [-0.1, -0.05) is 38.6 Å². The third-order valence-electron chi connectivity index (χ3n) is 5.79. The highest BCUT2D eigenvalue weighted by Gasteiger charge is 2.24. The fourth-order valence-electron chi connectivity index (χ4n) is 3.77. The predicted molar refractivity (Wildman–Crippen MR) is 130 cm³/mol. The van der Waals surface area contributed by atoms with E-state index < -0.39 is 5.91 Å². The summed E-state index contributed by atoms with van der Waals surface area (Å²) in [5.41, 5.74) is 4.89. The summed E-state index contributed by atoms with van der Waals surface area (Å²) in [5, 5.41) is 15.2. The van der Waals surface area contributed by atoms with Crippen LogP contribution in [0.15, 0.2) is 61.4 Å². The van der Waals surface area contributed by atoms with Crippen LogP contribution < -0.4 is 10.6 Å². The van der Waals surface area contributed by atoms with Crippen LogP contribution in [0.2, 0.25) is 0 Å². The van der Waals surface area contributed by atoms with Gasteiger partial charge in [0.05, 0.1) is 0 Å². The molecule has 0 radical (unpaired) electrons. The molecule has 7 heteroatoms. The molecule has 0 unspecified atom stereocenters. The number of anilines is 2. The van der Waals surface area contributed by atoms with Crippen molar-refractivity contribution in [1.29, 1.82) is 5.26 Å². The summed E-state index contributed by atoms with van der Waals surface area (Å²) >= 11 is 0. The summed E-state index contributed by atoms with van der Waals surface area (Å²) < 4.78 is 0. The van der Waals surface area contributed by atoms with Crippen molar-refractivity contribution in [2.24, 2.45) is 5.41 Å². The van der Waals surface area contributed by atoms with Crippen molar-refractivity contribution >= 4 is 28.7 Å². The lowest BCUT2D eigenvalue weighted by molar-refractivity contribution is 0.101. The maximum absolute atomic E-state index is 12.8. The second-order valence-electron chi connectivity index (χ2n) is 8.88. The van der Waals surface area contributed by atoms with E-state index in [0.717, 1.165) is 30.4 Å². The molecule has 3 N–H and O–H groups in total. The van der Waals surface area contributed by atoms with Crippen LogP contribution >= 0.6 is 0 Å². The lowest BCUT2D eigenvalue weighted by Crippen LogP contribution is -2.17. The number of aromatic nitrogens is 3. The molecule has 3 aromatic rings. The van der Waals surface area contributed by atoms with Crippen LogP contribution in [-0.4, -0.2) is 20.9 Å². The second kappa shape index (κ2) is 9.13. The van der Waals surface area contributed by atoms with Crippen LogP contribution in [-0.2, 0) is 0 Å². The van der Waals surface area contributed by atoms with Gasteiger partial charge < -0.3 is 15.6 Å². The average Bonchev–Trinajstić information content (AvgIpc) is 3.30. The summed E-state index contributed by atoms with van der Waals surface area (Å²) in [5.74, 6) is 0.417. The molecule has 0 saturated heterocycles. The monoisotopic (exact) mass is 438 g/mol. The van der Waals surface area contributed by atoms with Gasteiger partial charge in [-0.25, -0.2) is 9.97 Å². The van der Waals surface area contributed by atoms with Gasteiger partial charge in [-0.3, -0.25) is 4.79 Å². The maximum atomic E-state index is 12.8. The Hall–Kier alpha value is -4.18. The van der Waals surface area contributed by atoms with Gasteiger partial charge in [0.25, 0.3) is 5.91 Å². The molecule has 1 aliphatic carbocycles. The number of carbonyl (C=O) groups excluding carboxylic acids is 1. The van der Waals surface area contributed by atoms with Crippen molar-refractivity contribution < 1.29 is 4.79 Å². The van der Waals surface area contributed by atoms with E-state index in [9.17, 15) is 4.79 Å². The van der Waals surface area contributed by atoms with Gasteiger partial charge >= 0.3 is 0 Å². The number of carbonyl (C=O) groups is 1. The summed E-state index contributed by atoms with van der Waals surface area (Å²) in [4.78, 5) is 23.8. The number of hydrogen-bond acceptors (Lipinski definition) is 5. The largest absolute Gasteiger partial charge is 0.340 e. The minimum atomic E-state index is -0.396. The van der Waals surface area contributed by atoms with Crippen LogP contribution in [0.25, 0.3) is 11.3 Å². The number of imidazole rings is 1. The van der Waals surface area contributed by atoms with Crippen molar-refractivity contribution in [2.45, 2.75) is 33.1 Å². The summed E-state index contributed by atoms with van der Waals surface area (Å²) in [6.45, 7) is 8.71. The molecule has 0 saturated carbocycles. The quantitative estimate of drug-likeness (QED) is 0.464. The molecular formula is C26H26N6O. The highest BCUT2D eigenvalue weighted by atomic mass is 16.2. The number of nitrogens with zero attached hydrogens (tertiary/aromatic N) is 3. The SMILES string of the molecule is C=C(Nc1ccccn1)c1ccc(NC(=O)c2nc(C#N)c[nH]2)c(C2=CCC(C)(C)CC2)c1. The first-order valence-corrected chi connectivity index (χ1v) is 10.8. The zero-order valence-corrected chi connectivity index (χ0v) is 18.8. The minimum Gasteiger partial charge on any atom is -0.340 e. The maximum Gasteiger partial charge on any atom is 0.291 e. The smallest absolute Gasteiger partial charge is 0.291 e. The Balaban J connectivity index is 1.65. The van der Waals surface area contributed by atoms with E-state index in [-0.39, 0.29) is 16.9 Å². The molecule has 2 aromatic heterocycles. The number of benzene rings is 1. The van der Waals surface area contributed by atoms with Crippen molar-refractivity contribution in [1.82, 2.24) is 15.0 Å². The van der Waals surface area contributed by atoms with E-state index in [4.69, 9.17) is 5.26 Å². The van der Waals surface area contributed by atoms with Gasteiger partial charge in [0.15, 0.2) is 11.5 Å². The standard InChI is InChI=1S/C26H26N6O/c1-17(30-23-6-4-5-13-28-23)19-7-8-22(32-25(33)24-29-16-20(15-27)31-24)21(14-19)18-9-11-26(2,3)12-10-18/h4-9,13-14,16H,1,10-12H2,2-3H3,(H,28,30)(H,29,31)(H,32,33). The van der Waals surface area contributed by atoms with Crippen LogP contribution in [0.3, 0.4) is 0 Å². The van der Waals surface area contributed by atoms with Crippen molar-refractivity contribution in [2.75, 3.05) is 10.6 Å². The molecular weight excluding hydrogens is 412 g/mol. The van der Waals surface area contributed by atoms with Crippen molar-refractivity contribution in [3.63, 3.8) is 0 Å². The Bertz CT molecular complexity index is 1260. The Kier molecular flexibility index (Phi) is 6.09. The number of nitriles is 1. The molecule has 0 bridgehead atoms. The molecule has 2 heterocycles. The zero-order chi connectivity index (χ0) is 23.4. The molecule has 0 atom stereocenters. The Labute approximate surface area is 193 Å². The van der Waals surface area contributed by atoms with Gasteiger partial charge in [-0.2, -0.15) is 5.26 Å². The van der Waals surface area contributed by atoms with Crippen molar-refractivity contribution in [3.05, 3.63) is 84.1 Å². The lowest BCUT2D eigenvalue weighted by atomic mass is 9.76. The highest BCUT2D eigenvalue weighted by molar-refractivity contribution is 6.03. The van der Waals surface area contributed by atoms with Gasteiger partial charge in [0, 0.05) is 29.3 Å². The lowest BCUT2D eigenvalue weighted by Gasteiger charge is -2.29. The molecule has 0 aliphatic heterocycles. The number of nitrogens with one attached hydrogen (secondary N) is 3. The number of rotatable bonds is 6. The van der Waals surface area contributed by atoms with Gasteiger partial charge in [-0.15, -0.1) is 0 Å². The second-order valence-corrected chi connectivity index (χ2v) is 8.88. The van der Waals surface area contributed by atoms with E-state index in [2.05, 4.69) is 52.1 Å². The molecule has 0 spiro atoms. The molecule has 4 rings (SSSR count). The minimum absolute atomic E-state index is 0.0987. The van der Waals surface area contributed by atoms with Crippen LogP contribution in [0.5, 0.6) is 0 Å². The fraction of sp³-hybridized carbons (Fsp3) is 0.231. The number of hydrogen-bond donors (Lipinski definition) is 3. The van der Waals surface area contributed by atoms with E-state index >= 15 is 0 Å². The third kappa shape index (κ3) is 5.18.